The van der Waals surface area contributed by atoms with Crippen molar-refractivity contribution >= 4 is 5.97 Å². The van der Waals surface area contributed by atoms with Crippen molar-refractivity contribution in [3.05, 3.63) is 0 Å². The van der Waals surface area contributed by atoms with Gasteiger partial charge in [-0.15, -0.1) is 0 Å². The first-order valence-corrected chi connectivity index (χ1v) is 2.44. The van der Waals surface area contributed by atoms with Crippen LogP contribution in [0.25, 0.3) is 0 Å². The molecule has 1 saturated heterocycles. The molecule has 46 valence electrons. The number of carboxylic acid groups (broad SMARTS) is 1. The van der Waals surface area contributed by atoms with Gasteiger partial charge < -0.3 is 9.84 Å². The molecule has 1 rings (SSSR count). The molecule has 0 spiro atoms. The van der Waals surface area contributed by atoms with Crippen molar-refractivity contribution in [1.82, 2.24) is 0 Å². The van der Waals surface area contributed by atoms with Gasteiger partial charge in [-0.1, -0.05) is 0 Å². The van der Waals surface area contributed by atoms with E-state index in [0.717, 1.165) is 0 Å². The molecule has 1 aliphatic heterocycles. The Morgan fingerprint density at radius 2 is 2.00 bits per heavy atom. The Kier molecular flexibility index (Phi) is 2.70. The molecule has 1 atom stereocenters. The largest absolute Gasteiger partial charge is 1.00 e. The molecule has 0 aromatic rings. The van der Waals surface area contributed by atoms with Gasteiger partial charge in [-0.25, -0.2) is 4.79 Å². The van der Waals surface area contributed by atoms with E-state index in [4.69, 9.17) is 9.84 Å². The Morgan fingerprint density at radius 1 is 1.67 bits per heavy atom. The van der Waals surface area contributed by atoms with Gasteiger partial charge in [-0.2, -0.15) is 0 Å². The van der Waals surface area contributed by atoms with E-state index in [-0.39, 0.29) is 29.6 Å². The zero-order valence-electron chi connectivity index (χ0n) is 5.84. The number of carbonyl (C=O) groups is 1. The van der Waals surface area contributed by atoms with Gasteiger partial charge in [0.05, 0.1) is 0 Å². The minimum Gasteiger partial charge on any atom is -0.479 e. The fourth-order valence-electron chi connectivity index (χ4n) is 0.617. The fourth-order valence-corrected chi connectivity index (χ4v) is 0.617. The second-order valence-corrected chi connectivity index (χ2v) is 2.44. The summed E-state index contributed by atoms with van der Waals surface area (Å²) in [5.41, 5.74) is -0.411. The summed E-state index contributed by atoms with van der Waals surface area (Å²) in [4.78, 5) is 10.1. The maximum absolute atomic E-state index is 10.1. The summed E-state index contributed by atoms with van der Waals surface area (Å²) < 4.78 is 4.77. The molecule has 1 unspecified atom stereocenters. The van der Waals surface area contributed by atoms with Crippen molar-refractivity contribution in [2.45, 2.75) is 25.6 Å². The maximum atomic E-state index is 10.1. The average molecular weight is 139 g/mol. The Hall–Kier alpha value is 0.430. The smallest absolute Gasteiger partial charge is 0.479 e. The monoisotopic (exact) mass is 139 g/mol. The maximum Gasteiger partial charge on any atom is 1.00 e. The zero-order valence-corrected chi connectivity index (χ0v) is 7.84. The van der Waals surface area contributed by atoms with Crippen molar-refractivity contribution in [3.63, 3.8) is 0 Å². The van der Waals surface area contributed by atoms with E-state index >= 15 is 0 Å². The third-order valence-electron chi connectivity index (χ3n) is 1.22. The molecule has 1 fully saturated rings. The van der Waals surface area contributed by atoms with Crippen molar-refractivity contribution in [2.24, 2.45) is 0 Å². The van der Waals surface area contributed by atoms with Crippen LogP contribution in [0, 0.1) is 0 Å². The first-order valence-electron chi connectivity index (χ1n) is 2.44. The summed E-state index contributed by atoms with van der Waals surface area (Å²) in [7, 11) is 0. The first-order chi connectivity index (χ1) is 3.54. The topological polar surface area (TPSA) is 49.8 Å². The van der Waals surface area contributed by atoms with Gasteiger partial charge in [0.15, 0.2) is 6.10 Å². The van der Waals surface area contributed by atoms with Gasteiger partial charge in [0.2, 0.25) is 0 Å². The van der Waals surface area contributed by atoms with Crippen LogP contribution in [-0.2, 0) is 9.53 Å². The number of hydrogen-bond acceptors (Lipinski definition) is 2. The van der Waals surface area contributed by atoms with Crippen molar-refractivity contribution in [3.8, 4) is 0 Å². The summed E-state index contributed by atoms with van der Waals surface area (Å²) in [5, 5.41) is 8.26. The Labute approximate surface area is 75.7 Å². The predicted octanol–water partition coefficient (Wildman–Crippen LogP) is -2.75. The van der Waals surface area contributed by atoms with E-state index in [1.807, 2.05) is 0 Å². The van der Waals surface area contributed by atoms with Crippen LogP contribution in [0.1, 0.15) is 13.8 Å². The zero-order chi connectivity index (χ0) is 6.36. The standard InChI is InChI=1S/C5H8O3.Na/c1-5(2)3(8-5)4(6)7;/h3H,1-2H3,(H,6,7);/q;+1. The second kappa shape index (κ2) is 2.58. The van der Waals surface area contributed by atoms with E-state index in [1.54, 1.807) is 13.8 Å². The summed E-state index contributed by atoms with van der Waals surface area (Å²) in [5.74, 6) is -0.866. The van der Waals surface area contributed by atoms with Crippen LogP contribution in [-0.4, -0.2) is 22.8 Å². The Morgan fingerprint density at radius 3 is 2.00 bits per heavy atom. The number of aliphatic carboxylic acids is 1. The Bertz CT molecular complexity index is 132. The van der Waals surface area contributed by atoms with Gasteiger partial charge >= 0.3 is 35.5 Å². The molecule has 1 heterocycles. The fraction of sp³-hybridized carbons (Fsp3) is 0.800. The molecule has 1 N–H and O–H groups in total. The SMILES string of the molecule is CC1(C)OC1C(=O)O.[Na+]. The van der Waals surface area contributed by atoms with Crippen LogP contribution in [0.2, 0.25) is 0 Å². The number of hydrogen-bond donors (Lipinski definition) is 1. The summed E-state index contributed by atoms with van der Waals surface area (Å²) in [6.07, 6.45) is -0.567. The van der Waals surface area contributed by atoms with E-state index in [9.17, 15) is 4.79 Å². The molecular weight excluding hydrogens is 131 g/mol. The molecule has 9 heavy (non-hydrogen) atoms. The van der Waals surface area contributed by atoms with Crippen molar-refractivity contribution in [2.75, 3.05) is 0 Å². The quantitative estimate of drug-likeness (QED) is 0.316. The third-order valence-corrected chi connectivity index (χ3v) is 1.22. The number of carboxylic acids is 1. The van der Waals surface area contributed by atoms with E-state index < -0.39 is 17.7 Å². The summed E-state index contributed by atoms with van der Waals surface area (Å²) >= 11 is 0. The number of rotatable bonds is 1. The normalized spacial score (nSPS) is 28.4. The second-order valence-electron chi connectivity index (χ2n) is 2.44. The van der Waals surface area contributed by atoms with E-state index in [1.165, 1.54) is 0 Å². The van der Waals surface area contributed by atoms with Gasteiger partial charge in [-0.3, -0.25) is 0 Å². The molecule has 0 aromatic heterocycles. The molecular formula is C5H8NaO3+. The summed E-state index contributed by atoms with van der Waals surface area (Å²) in [6.45, 7) is 3.51. The van der Waals surface area contributed by atoms with Crippen LogP contribution in [0.3, 0.4) is 0 Å². The summed E-state index contributed by atoms with van der Waals surface area (Å²) in [6, 6.07) is 0. The van der Waals surface area contributed by atoms with Crippen LogP contribution in [0.4, 0.5) is 0 Å². The van der Waals surface area contributed by atoms with Gasteiger partial charge in [0, 0.05) is 0 Å². The van der Waals surface area contributed by atoms with E-state index in [0.29, 0.717) is 0 Å². The third kappa shape index (κ3) is 1.93. The average Bonchev–Trinajstić information content (AvgIpc) is 2.13. The molecule has 0 amide bonds. The van der Waals surface area contributed by atoms with Crippen molar-refractivity contribution in [1.29, 1.82) is 0 Å². The van der Waals surface area contributed by atoms with Crippen LogP contribution >= 0.6 is 0 Å². The molecule has 0 aliphatic carbocycles. The number of epoxide rings is 1. The first kappa shape index (κ1) is 9.43. The Balaban J connectivity index is 0.000000640. The van der Waals surface area contributed by atoms with Gasteiger partial charge in [-0.05, 0) is 13.8 Å². The minimum absolute atomic E-state index is 0. The number of ether oxygens (including phenoxy) is 1. The van der Waals surface area contributed by atoms with Gasteiger partial charge in [0.1, 0.15) is 5.60 Å². The molecule has 0 aromatic carbocycles. The molecule has 0 radical (unpaired) electrons. The molecule has 1 aliphatic rings. The minimum atomic E-state index is -0.866. The predicted molar refractivity (Wildman–Crippen MR) is 26.6 cm³/mol. The van der Waals surface area contributed by atoms with Gasteiger partial charge in [0.25, 0.3) is 0 Å². The molecule has 4 heteroatoms. The molecule has 0 saturated carbocycles. The van der Waals surface area contributed by atoms with Crippen LogP contribution < -0.4 is 29.6 Å². The van der Waals surface area contributed by atoms with Crippen molar-refractivity contribution < 1.29 is 44.2 Å². The molecule has 0 bridgehead atoms. The van der Waals surface area contributed by atoms with E-state index in [2.05, 4.69) is 0 Å². The molecule has 3 nitrogen and oxygen atoms in total. The van der Waals surface area contributed by atoms with Crippen LogP contribution in [0.5, 0.6) is 0 Å². The van der Waals surface area contributed by atoms with Crippen LogP contribution in [0.15, 0.2) is 0 Å².